The van der Waals surface area contributed by atoms with Gasteiger partial charge in [0.1, 0.15) is 6.61 Å². The van der Waals surface area contributed by atoms with E-state index in [2.05, 4.69) is 10.0 Å². The van der Waals surface area contributed by atoms with Crippen molar-refractivity contribution in [3.05, 3.63) is 0 Å². The second-order valence-electron chi connectivity index (χ2n) is 4.77. The molecule has 102 valence electrons. The van der Waals surface area contributed by atoms with Crippen molar-refractivity contribution in [3.8, 4) is 0 Å². The van der Waals surface area contributed by atoms with Crippen molar-refractivity contribution in [1.29, 1.82) is 0 Å². The molecule has 7 heteroatoms. The number of hydrogen-bond donors (Lipinski definition) is 2. The molecule has 0 aliphatic rings. The van der Waals surface area contributed by atoms with Crippen molar-refractivity contribution in [3.63, 3.8) is 0 Å². The number of carbonyl (C=O) groups excluding carboxylic acids is 1. The fraction of sp³-hybridized carbons (Fsp3) is 0.900. The first kappa shape index (κ1) is 16.3. The van der Waals surface area contributed by atoms with E-state index in [0.717, 1.165) is 6.26 Å². The summed E-state index contributed by atoms with van der Waals surface area (Å²) in [6, 6.07) is 0. The average molecular weight is 266 g/mol. The lowest BCUT2D eigenvalue weighted by Crippen LogP contribution is -2.34. The van der Waals surface area contributed by atoms with Gasteiger partial charge in [0.25, 0.3) is 0 Å². The molecule has 1 amide bonds. The highest BCUT2D eigenvalue weighted by molar-refractivity contribution is 7.88. The molecule has 0 atom stereocenters. The molecule has 0 aliphatic carbocycles. The standard InChI is InChI=1S/C10H22N2O4S/c1-10(2,3)16-8-9(13)11-6-5-7-12-17(4,14)15/h12H,5-8H2,1-4H3,(H,11,13). The van der Waals surface area contributed by atoms with Crippen molar-refractivity contribution in [2.24, 2.45) is 0 Å². The molecule has 0 bridgehead atoms. The summed E-state index contributed by atoms with van der Waals surface area (Å²) in [5, 5.41) is 2.64. The summed E-state index contributed by atoms with van der Waals surface area (Å²) in [5.41, 5.74) is -0.338. The summed E-state index contributed by atoms with van der Waals surface area (Å²) in [6.07, 6.45) is 1.65. The van der Waals surface area contributed by atoms with E-state index in [9.17, 15) is 13.2 Å². The van der Waals surface area contributed by atoms with Crippen LogP contribution in [-0.2, 0) is 19.6 Å². The van der Waals surface area contributed by atoms with Gasteiger partial charge in [-0.1, -0.05) is 0 Å². The summed E-state index contributed by atoms with van der Waals surface area (Å²) in [7, 11) is -3.14. The van der Waals surface area contributed by atoms with Crippen LogP contribution in [0.4, 0.5) is 0 Å². The third kappa shape index (κ3) is 13.3. The molecule has 0 aromatic heterocycles. The van der Waals surface area contributed by atoms with Crippen LogP contribution in [0.1, 0.15) is 27.2 Å². The maximum absolute atomic E-state index is 11.3. The zero-order chi connectivity index (χ0) is 13.5. The van der Waals surface area contributed by atoms with Gasteiger partial charge < -0.3 is 10.1 Å². The van der Waals surface area contributed by atoms with Gasteiger partial charge in [-0.05, 0) is 27.2 Å². The number of carbonyl (C=O) groups is 1. The minimum atomic E-state index is -3.14. The van der Waals surface area contributed by atoms with Crippen molar-refractivity contribution < 1.29 is 17.9 Å². The lowest BCUT2D eigenvalue weighted by molar-refractivity contribution is -0.130. The van der Waals surface area contributed by atoms with Gasteiger partial charge in [0.2, 0.25) is 15.9 Å². The first-order chi connectivity index (χ1) is 7.60. The molecular weight excluding hydrogens is 244 g/mol. The molecule has 17 heavy (non-hydrogen) atoms. The Bertz CT molecular complexity index is 333. The normalized spacial score (nSPS) is 12.5. The molecule has 0 aromatic carbocycles. The first-order valence-electron chi connectivity index (χ1n) is 5.45. The Morgan fingerprint density at radius 3 is 2.29 bits per heavy atom. The number of hydrogen-bond acceptors (Lipinski definition) is 4. The quantitative estimate of drug-likeness (QED) is 0.628. The van der Waals surface area contributed by atoms with E-state index in [0.29, 0.717) is 19.5 Å². The Labute approximate surface area is 103 Å². The van der Waals surface area contributed by atoms with E-state index in [1.165, 1.54) is 0 Å². The molecule has 0 fully saturated rings. The predicted molar refractivity (Wildman–Crippen MR) is 66.2 cm³/mol. The summed E-state index contributed by atoms with van der Waals surface area (Å²) in [4.78, 5) is 11.3. The Kier molecular flexibility index (Phi) is 6.66. The summed E-state index contributed by atoms with van der Waals surface area (Å²) >= 11 is 0. The summed E-state index contributed by atoms with van der Waals surface area (Å²) in [5.74, 6) is -0.195. The molecule has 0 aromatic rings. The number of nitrogens with one attached hydrogen (secondary N) is 2. The highest BCUT2D eigenvalue weighted by Gasteiger charge is 2.12. The van der Waals surface area contributed by atoms with Crippen LogP contribution in [0, 0.1) is 0 Å². The SMILES string of the molecule is CC(C)(C)OCC(=O)NCCCNS(C)(=O)=O. The van der Waals surface area contributed by atoms with Crippen LogP contribution in [0.2, 0.25) is 0 Å². The van der Waals surface area contributed by atoms with Crippen LogP contribution in [-0.4, -0.2) is 45.9 Å². The summed E-state index contributed by atoms with van der Waals surface area (Å²) < 4.78 is 29.1. The highest BCUT2D eigenvalue weighted by Crippen LogP contribution is 2.05. The molecule has 6 nitrogen and oxygen atoms in total. The maximum atomic E-state index is 11.3. The van der Waals surface area contributed by atoms with E-state index < -0.39 is 10.0 Å². The second kappa shape index (κ2) is 6.93. The van der Waals surface area contributed by atoms with Crippen molar-refractivity contribution in [1.82, 2.24) is 10.0 Å². The smallest absolute Gasteiger partial charge is 0.246 e. The Hall–Kier alpha value is -0.660. The largest absolute Gasteiger partial charge is 0.366 e. The van der Waals surface area contributed by atoms with Crippen molar-refractivity contribution in [2.45, 2.75) is 32.8 Å². The number of sulfonamides is 1. The average Bonchev–Trinajstić information content (AvgIpc) is 2.11. The van der Waals surface area contributed by atoms with Gasteiger partial charge in [0.15, 0.2) is 0 Å². The minimum absolute atomic E-state index is 0.0169. The fourth-order valence-corrected chi connectivity index (χ4v) is 1.42. The number of amides is 1. The lowest BCUT2D eigenvalue weighted by atomic mass is 10.2. The Morgan fingerprint density at radius 2 is 1.82 bits per heavy atom. The third-order valence-corrected chi connectivity index (χ3v) is 2.40. The van der Waals surface area contributed by atoms with Gasteiger partial charge in [-0.2, -0.15) is 0 Å². The fourth-order valence-electron chi connectivity index (χ4n) is 0.907. The number of ether oxygens (including phenoxy) is 1. The van der Waals surface area contributed by atoms with Gasteiger partial charge in [-0.3, -0.25) is 4.79 Å². The zero-order valence-corrected chi connectivity index (χ0v) is 11.7. The van der Waals surface area contributed by atoms with E-state index in [4.69, 9.17) is 4.74 Å². The van der Waals surface area contributed by atoms with Gasteiger partial charge in [0.05, 0.1) is 11.9 Å². The highest BCUT2D eigenvalue weighted by atomic mass is 32.2. The Balaban J connectivity index is 3.53. The van der Waals surface area contributed by atoms with E-state index in [-0.39, 0.29) is 18.1 Å². The molecule has 0 spiro atoms. The van der Waals surface area contributed by atoms with Gasteiger partial charge in [0, 0.05) is 13.1 Å². The molecule has 0 unspecified atom stereocenters. The van der Waals surface area contributed by atoms with Crippen LogP contribution in [0.25, 0.3) is 0 Å². The van der Waals surface area contributed by atoms with E-state index >= 15 is 0 Å². The van der Waals surface area contributed by atoms with Gasteiger partial charge >= 0.3 is 0 Å². The molecule has 0 heterocycles. The molecule has 0 rings (SSSR count). The van der Waals surface area contributed by atoms with Crippen LogP contribution in [0.15, 0.2) is 0 Å². The van der Waals surface area contributed by atoms with Crippen LogP contribution < -0.4 is 10.0 Å². The zero-order valence-electron chi connectivity index (χ0n) is 10.9. The minimum Gasteiger partial charge on any atom is -0.366 e. The van der Waals surface area contributed by atoms with Crippen LogP contribution in [0.5, 0.6) is 0 Å². The van der Waals surface area contributed by atoms with Gasteiger partial charge in [-0.25, -0.2) is 13.1 Å². The molecule has 0 saturated heterocycles. The topological polar surface area (TPSA) is 84.5 Å². The first-order valence-corrected chi connectivity index (χ1v) is 7.34. The lowest BCUT2D eigenvalue weighted by Gasteiger charge is -2.18. The molecule has 0 saturated carbocycles. The molecule has 0 radical (unpaired) electrons. The predicted octanol–water partition coefficient (Wildman–Crippen LogP) is -0.143. The van der Waals surface area contributed by atoms with E-state index in [1.54, 1.807) is 0 Å². The van der Waals surface area contributed by atoms with Gasteiger partial charge in [-0.15, -0.1) is 0 Å². The van der Waals surface area contributed by atoms with Crippen molar-refractivity contribution >= 4 is 15.9 Å². The number of rotatable bonds is 7. The van der Waals surface area contributed by atoms with Crippen LogP contribution in [0.3, 0.4) is 0 Å². The maximum Gasteiger partial charge on any atom is 0.246 e. The summed E-state index contributed by atoms with van der Waals surface area (Å²) in [6.45, 7) is 6.38. The molecular formula is C10H22N2O4S. The molecule has 2 N–H and O–H groups in total. The third-order valence-electron chi connectivity index (χ3n) is 1.68. The molecule has 0 aliphatic heterocycles. The Morgan fingerprint density at radius 1 is 1.24 bits per heavy atom. The van der Waals surface area contributed by atoms with E-state index in [1.807, 2.05) is 20.8 Å². The van der Waals surface area contributed by atoms with Crippen LogP contribution >= 0.6 is 0 Å². The monoisotopic (exact) mass is 266 g/mol. The second-order valence-corrected chi connectivity index (χ2v) is 6.60. The van der Waals surface area contributed by atoms with Crippen molar-refractivity contribution in [2.75, 3.05) is 26.0 Å².